The van der Waals surface area contributed by atoms with Gasteiger partial charge in [0.15, 0.2) is 0 Å². The van der Waals surface area contributed by atoms with Crippen LogP contribution in [0.2, 0.25) is 0 Å². The predicted octanol–water partition coefficient (Wildman–Crippen LogP) is 2.05. The lowest BCUT2D eigenvalue weighted by atomic mass is 10.1. The number of aryl methyl sites for hydroxylation is 1. The minimum atomic E-state index is -0.0576. The van der Waals surface area contributed by atoms with Crippen molar-refractivity contribution in [1.29, 1.82) is 0 Å². The summed E-state index contributed by atoms with van der Waals surface area (Å²) in [6.07, 6.45) is 2.25. The number of hydrogen-bond acceptors (Lipinski definition) is 4. The van der Waals surface area contributed by atoms with Gasteiger partial charge < -0.3 is 38.9 Å². The van der Waals surface area contributed by atoms with Crippen molar-refractivity contribution in [3.8, 4) is 5.75 Å². The van der Waals surface area contributed by atoms with Gasteiger partial charge in [-0.15, -0.1) is 0 Å². The van der Waals surface area contributed by atoms with Crippen molar-refractivity contribution in [3.63, 3.8) is 0 Å². The van der Waals surface area contributed by atoms with Crippen LogP contribution in [0, 0.1) is 0 Å². The molecule has 3 aromatic rings. The Morgan fingerprint density at radius 1 is 1.16 bits per heavy atom. The van der Waals surface area contributed by atoms with Gasteiger partial charge in [0.05, 0.1) is 23.2 Å². The van der Waals surface area contributed by atoms with E-state index in [1.165, 1.54) is 23.2 Å². The fourth-order valence-corrected chi connectivity index (χ4v) is 5.08. The molecule has 7 heteroatoms. The highest BCUT2D eigenvalue weighted by molar-refractivity contribution is 8.03. The molecule has 0 saturated heterocycles. The number of pyridine rings is 1. The molecule has 5 nitrogen and oxygen atoms in total. The van der Waals surface area contributed by atoms with Crippen LogP contribution in [-0.4, -0.2) is 19.6 Å². The minimum Gasteiger partial charge on any atom is -1.00 e. The number of benzene rings is 2. The molecule has 1 amide bonds. The number of nitrogens with one attached hydrogen (secondary N) is 1. The number of ether oxygens (including phenoxy) is 1. The number of fused-ring (bicyclic) bond motifs is 2. The molecule has 2 aromatic carbocycles. The maximum absolute atomic E-state index is 11.4. The Balaban J connectivity index is 0.00000272. The number of thioether (sulfide) groups is 1. The summed E-state index contributed by atoms with van der Waals surface area (Å²) >= 11 is 1.74. The monoisotopic (exact) mass is 547 g/mol. The standard InChI is InChI=1S/C24H25N3O2S.HI/c1-5-26-19(9-7-17-13-20(29-4)10-12-21(17)26)15-24-27(6-2)22-11-8-18(25-16(3)28)14-23(22)30-24;/h7-15H,5-6H2,1-4H3;1H. The Labute approximate surface area is 204 Å². The van der Waals surface area contributed by atoms with Crippen LogP contribution < -0.4 is 43.5 Å². The summed E-state index contributed by atoms with van der Waals surface area (Å²) in [7, 11) is 1.69. The number of halogens is 1. The largest absolute Gasteiger partial charge is 1.00 e. The van der Waals surface area contributed by atoms with E-state index in [0.717, 1.165) is 40.5 Å². The third-order valence-electron chi connectivity index (χ3n) is 5.23. The van der Waals surface area contributed by atoms with Gasteiger partial charge in [-0.2, -0.15) is 4.57 Å². The van der Waals surface area contributed by atoms with Gasteiger partial charge in [-0.05, 0) is 50.2 Å². The van der Waals surface area contributed by atoms with Crippen LogP contribution in [0.3, 0.4) is 0 Å². The van der Waals surface area contributed by atoms with E-state index in [4.69, 9.17) is 4.74 Å². The lowest BCUT2D eigenvalue weighted by Crippen LogP contribution is -3.00. The molecular formula is C24H26IN3O2S. The average molecular weight is 547 g/mol. The SMILES string of the molecule is CCN1/C(=C/c2ccc3cc(OC)ccc3[n+]2CC)Sc2cc(NC(C)=O)ccc21.[I-]. The maximum Gasteiger partial charge on any atom is 0.221 e. The maximum atomic E-state index is 11.4. The number of amides is 1. The smallest absolute Gasteiger partial charge is 0.221 e. The van der Waals surface area contributed by atoms with Crippen LogP contribution in [-0.2, 0) is 11.3 Å². The van der Waals surface area contributed by atoms with E-state index in [0.29, 0.717) is 0 Å². The molecule has 1 aromatic heterocycles. The Morgan fingerprint density at radius 3 is 2.65 bits per heavy atom. The molecule has 2 heterocycles. The summed E-state index contributed by atoms with van der Waals surface area (Å²) in [6.45, 7) is 7.61. The van der Waals surface area contributed by atoms with Crippen LogP contribution in [0.1, 0.15) is 26.5 Å². The molecule has 31 heavy (non-hydrogen) atoms. The predicted molar refractivity (Wildman–Crippen MR) is 124 cm³/mol. The molecule has 162 valence electrons. The van der Waals surface area contributed by atoms with Crippen LogP contribution in [0.25, 0.3) is 17.0 Å². The summed E-state index contributed by atoms with van der Waals surface area (Å²) in [6, 6.07) is 16.6. The molecule has 0 atom stereocenters. The minimum absolute atomic E-state index is 0. The number of aromatic nitrogens is 1. The fraction of sp³-hybridized carbons (Fsp3) is 0.250. The molecule has 4 rings (SSSR count). The van der Waals surface area contributed by atoms with E-state index >= 15 is 0 Å². The molecule has 0 aliphatic carbocycles. The zero-order valence-corrected chi connectivity index (χ0v) is 21.1. The van der Waals surface area contributed by atoms with Crippen LogP contribution in [0.15, 0.2) is 58.5 Å². The van der Waals surface area contributed by atoms with Gasteiger partial charge in [0.2, 0.25) is 17.1 Å². The van der Waals surface area contributed by atoms with Gasteiger partial charge in [-0.1, -0.05) is 11.8 Å². The quantitative estimate of drug-likeness (QED) is 0.393. The second kappa shape index (κ2) is 9.91. The third kappa shape index (κ3) is 4.67. The van der Waals surface area contributed by atoms with Crippen LogP contribution in [0.5, 0.6) is 5.75 Å². The van der Waals surface area contributed by atoms with Crippen molar-refractivity contribution in [2.45, 2.75) is 32.2 Å². The second-order valence-corrected chi connectivity index (χ2v) is 8.18. The topological polar surface area (TPSA) is 45.5 Å². The molecular weight excluding hydrogens is 521 g/mol. The molecule has 0 saturated carbocycles. The van der Waals surface area contributed by atoms with E-state index in [-0.39, 0.29) is 29.9 Å². The summed E-state index contributed by atoms with van der Waals surface area (Å²) < 4.78 is 7.70. The first-order chi connectivity index (χ1) is 14.5. The molecule has 1 aliphatic rings. The van der Waals surface area contributed by atoms with Gasteiger partial charge >= 0.3 is 0 Å². The van der Waals surface area contributed by atoms with Crippen molar-refractivity contribution in [2.24, 2.45) is 0 Å². The first-order valence-electron chi connectivity index (χ1n) is 10.1. The van der Waals surface area contributed by atoms with Crippen molar-refractivity contribution in [3.05, 3.63) is 59.3 Å². The first-order valence-corrected chi connectivity index (χ1v) is 10.9. The first kappa shape index (κ1) is 23.4. The van der Waals surface area contributed by atoms with Crippen molar-refractivity contribution < 1.29 is 38.1 Å². The van der Waals surface area contributed by atoms with E-state index in [1.807, 2.05) is 18.2 Å². The van der Waals surface area contributed by atoms with Crippen molar-refractivity contribution in [1.82, 2.24) is 0 Å². The second-order valence-electron chi connectivity index (χ2n) is 7.12. The molecule has 0 radical (unpaired) electrons. The van der Waals surface area contributed by atoms with Gasteiger partial charge in [-0.25, -0.2) is 0 Å². The zero-order valence-electron chi connectivity index (χ0n) is 18.1. The van der Waals surface area contributed by atoms with E-state index < -0.39 is 0 Å². The number of carbonyl (C=O) groups is 1. The van der Waals surface area contributed by atoms with Gasteiger partial charge in [-0.3, -0.25) is 4.79 Å². The normalized spacial score (nSPS) is 13.8. The molecule has 0 spiro atoms. The summed E-state index contributed by atoms with van der Waals surface area (Å²) in [5.41, 5.74) is 4.35. The number of nitrogens with zero attached hydrogens (tertiary/aromatic N) is 2. The number of rotatable bonds is 5. The Hall–Kier alpha value is -2.26. The van der Waals surface area contributed by atoms with Crippen LogP contribution >= 0.6 is 11.8 Å². The van der Waals surface area contributed by atoms with Crippen LogP contribution in [0.4, 0.5) is 11.4 Å². The summed E-state index contributed by atoms with van der Waals surface area (Å²) in [5.74, 6) is 0.808. The molecule has 0 fully saturated rings. The highest BCUT2D eigenvalue weighted by atomic mass is 127. The molecule has 0 bridgehead atoms. The van der Waals surface area contributed by atoms with E-state index in [9.17, 15) is 4.79 Å². The number of hydrogen-bond donors (Lipinski definition) is 1. The summed E-state index contributed by atoms with van der Waals surface area (Å²) in [4.78, 5) is 14.9. The van der Waals surface area contributed by atoms with Gasteiger partial charge in [0.25, 0.3) is 0 Å². The van der Waals surface area contributed by atoms with Gasteiger partial charge in [0.1, 0.15) is 12.3 Å². The molecule has 1 N–H and O–H groups in total. The summed E-state index contributed by atoms with van der Waals surface area (Å²) in [5, 5.41) is 5.22. The third-order valence-corrected chi connectivity index (χ3v) is 6.32. The molecule has 1 aliphatic heterocycles. The Morgan fingerprint density at radius 2 is 1.97 bits per heavy atom. The number of methoxy groups -OCH3 is 1. The Kier molecular flexibility index (Phi) is 7.48. The highest BCUT2D eigenvalue weighted by Gasteiger charge is 2.26. The average Bonchev–Trinajstić information content (AvgIpc) is 3.08. The van der Waals surface area contributed by atoms with E-state index in [2.05, 4.69) is 65.0 Å². The van der Waals surface area contributed by atoms with Crippen molar-refractivity contribution in [2.75, 3.05) is 23.9 Å². The molecule has 0 unspecified atom stereocenters. The van der Waals surface area contributed by atoms with E-state index in [1.54, 1.807) is 18.9 Å². The lowest BCUT2D eigenvalue weighted by Gasteiger charge is -2.18. The van der Waals surface area contributed by atoms with Gasteiger partial charge in [0, 0.05) is 42.3 Å². The number of anilines is 2. The highest BCUT2D eigenvalue weighted by Crippen LogP contribution is 2.47. The zero-order chi connectivity index (χ0) is 21.3. The fourth-order valence-electron chi connectivity index (χ4n) is 3.87. The number of carbonyl (C=O) groups excluding carboxylic acids is 1. The Bertz CT molecular complexity index is 1160. The lowest BCUT2D eigenvalue weighted by molar-refractivity contribution is -0.669. The van der Waals surface area contributed by atoms with Crippen molar-refractivity contribution >= 4 is 46.0 Å².